The maximum absolute atomic E-state index is 6.34. The standard InChI is InChI=1S/C16H14ClIN2S/c1-16(2,3)13-12(18)14(17)20-15(19-13)10-8-21-11-7-5-4-6-9(10)11/h4-8H,1-3H3. The van der Waals surface area contributed by atoms with E-state index in [2.05, 4.69) is 65.9 Å². The highest BCUT2D eigenvalue weighted by molar-refractivity contribution is 14.1. The summed E-state index contributed by atoms with van der Waals surface area (Å²) in [5, 5.41) is 3.82. The van der Waals surface area contributed by atoms with Crippen molar-refractivity contribution in [3.8, 4) is 11.4 Å². The maximum Gasteiger partial charge on any atom is 0.162 e. The van der Waals surface area contributed by atoms with Crippen LogP contribution in [0.1, 0.15) is 26.5 Å². The van der Waals surface area contributed by atoms with Crippen molar-refractivity contribution in [2.24, 2.45) is 0 Å². The minimum absolute atomic E-state index is 0.0658. The van der Waals surface area contributed by atoms with Crippen molar-refractivity contribution in [1.29, 1.82) is 0 Å². The SMILES string of the molecule is CC(C)(C)c1nc(-c2csc3ccccc23)nc(Cl)c1I. The molecular formula is C16H14ClIN2S. The van der Waals surface area contributed by atoms with E-state index in [4.69, 9.17) is 16.6 Å². The third kappa shape index (κ3) is 2.81. The topological polar surface area (TPSA) is 25.8 Å². The Morgan fingerprint density at radius 1 is 1.14 bits per heavy atom. The summed E-state index contributed by atoms with van der Waals surface area (Å²) in [6.07, 6.45) is 0. The van der Waals surface area contributed by atoms with Gasteiger partial charge < -0.3 is 0 Å². The van der Waals surface area contributed by atoms with Crippen LogP contribution in [0.3, 0.4) is 0 Å². The fourth-order valence-corrected chi connectivity index (χ4v) is 4.35. The van der Waals surface area contributed by atoms with Gasteiger partial charge in [0, 0.05) is 26.4 Å². The van der Waals surface area contributed by atoms with E-state index in [9.17, 15) is 0 Å². The van der Waals surface area contributed by atoms with Crippen LogP contribution in [0.5, 0.6) is 0 Å². The van der Waals surface area contributed by atoms with Crippen LogP contribution < -0.4 is 0 Å². The number of halogens is 2. The molecule has 21 heavy (non-hydrogen) atoms. The van der Waals surface area contributed by atoms with Crippen molar-refractivity contribution in [2.45, 2.75) is 26.2 Å². The quantitative estimate of drug-likeness (QED) is 0.355. The molecule has 0 aliphatic rings. The molecule has 0 radical (unpaired) electrons. The number of aromatic nitrogens is 2. The molecule has 0 saturated heterocycles. The van der Waals surface area contributed by atoms with Gasteiger partial charge in [0.15, 0.2) is 5.82 Å². The Kier molecular flexibility index (Phi) is 3.96. The number of benzene rings is 1. The average molecular weight is 429 g/mol. The number of hydrogen-bond acceptors (Lipinski definition) is 3. The minimum Gasteiger partial charge on any atom is -0.231 e. The highest BCUT2D eigenvalue weighted by Gasteiger charge is 2.23. The summed E-state index contributed by atoms with van der Waals surface area (Å²) in [4.78, 5) is 9.29. The Morgan fingerprint density at radius 2 is 1.86 bits per heavy atom. The van der Waals surface area contributed by atoms with Crippen LogP contribution in [-0.4, -0.2) is 9.97 Å². The van der Waals surface area contributed by atoms with Crippen LogP contribution in [0, 0.1) is 3.57 Å². The van der Waals surface area contributed by atoms with E-state index in [0.717, 1.165) is 14.8 Å². The van der Waals surface area contributed by atoms with E-state index in [1.807, 2.05) is 12.1 Å². The Hall–Kier alpha value is -0.720. The minimum atomic E-state index is -0.0658. The molecule has 0 spiro atoms. The Bertz CT molecular complexity index is 821. The zero-order valence-corrected chi connectivity index (χ0v) is 15.7. The van der Waals surface area contributed by atoms with Crippen LogP contribution in [-0.2, 0) is 5.41 Å². The average Bonchev–Trinajstić information content (AvgIpc) is 2.84. The molecule has 2 heterocycles. The normalized spacial score (nSPS) is 12.0. The molecule has 5 heteroatoms. The third-order valence-corrected chi connectivity index (χ3v) is 5.82. The van der Waals surface area contributed by atoms with E-state index in [-0.39, 0.29) is 5.41 Å². The summed E-state index contributed by atoms with van der Waals surface area (Å²) in [5.41, 5.74) is 1.98. The molecule has 0 aliphatic carbocycles. The molecule has 0 saturated carbocycles. The summed E-state index contributed by atoms with van der Waals surface area (Å²) in [6.45, 7) is 6.43. The molecule has 1 aromatic carbocycles. The molecule has 3 rings (SSSR count). The van der Waals surface area contributed by atoms with Gasteiger partial charge in [-0.05, 0) is 28.7 Å². The zero-order chi connectivity index (χ0) is 15.2. The molecule has 0 bridgehead atoms. The highest BCUT2D eigenvalue weighted by Crippen LogP contribution is 2.35. The summed E-state index contributed by atoms with van der Waals surface area (Å²) in [5.74, 6) is 0.711. The van der Waals surface area contributed by atoms with Gasteiger partial charge in [0.2, 0.25) is 0 Å². The number of nitrogens with zero attached hydrogens (tertiary/aromatic N) is 2. The second-order valence-electron chi connectivity index (χ2n) is 5.90. The van der Waals surface area contributed by atoms with Crippen molar-refractivity contribution in [1.82, 2.24) is 9.97 Å². The van der Waals surface area contributed by atoms with E-state index in [1.165, 1.54) is 10.1 Å². The summed E-state index contributed by atoms with van der Waals surface area (Å²) in [7, 11) is 0. The molecular weight excluding hydrogens is 415 g/mol. The molecule has 0 fully saturated rings. The van der Waals surface area contributed by atoms with Crippen LogP contribution >= 0.6 is 45.5 Å². The van der Waals surface area contributed by atoms with Crippen LogP contribution in [0.15, 0.2) is 29.6 Å². The predicted octanol–water partition coefficient (Wildman–Crippen LogP) is 5.91. The number of rotatable bonds is 1. The second-order valence-corrected chi connectivity index (χ2v) is 8.24. The van der Waals surface area contributed by atoms with Crippen LogP contribution in [0.2, 0.25) is 5.15 Å². The van der Waals surface area contributed by atoms with Crippen molar-refractivity contribution in [2.75, 3.05) is 0 Å². The lowest BCUT2D eigenvalue weighted by molar-refractivity contribution is 0.563. The highest BCUT2D eigenvalue weighted by atomic mass is 127. The van der Waals surface area contributed by atoms with Crippen molar-refractivity contribution >= 4 is 55.6 Å². The largest absolute Gasteiger partial charge is 0.231 e. The van der Waals surface area contributed by atoms with E-state index < -0.39 is 0 Å². The maximum atomic E-state index is 6.34. The third-order valence-electron chi connectivity index (χ3n) is 3.24. The lowest BCUT2D eigenvalue weighted by Gasteiger charge is -2.20. The number of thiophene rings is 1. The molecule has 0 aliphatic heterocycles. The van der Waals surface area contributed by atoms with Gasteiger partial charge in [0.1, 0.15) is 5.15 Å². The molecule has 2 aromatic heterocycles. The van der Waals surface area contributed by atoms with Crippen LogP contribution in [0.25, 0.3) is 21.5 Å². The Labute approximate surface area is 146 Å². The Balaban J connectivity index is 2.26. The van der Waals surface area contributed by atoms with Crippen LogP contribution in [0.4, 0.5) is 0 Å². The molecule has 0 unspecified atom stereocenters. The first-order valence-electron chi connectivity index (χ1n) is 6.58. The Morgan fingerprint density at radius 3 is 2.57 bits per heavy atom. The zero-order valence-electron chi connectivity index (χ0n) is 11.9. The smallest absolute Gasteiger partial charge is 0.162 e. The van der Waals surface area contributed by atoms with Gasteiger partial charge in [-0.15, -0.1) is 11.3 Å². The molecule has 2 nitrogen and oxygen atoms in total. The van der Waals surface area contributed by atoms with Gasteiger partial charge in [-0.2, -0.15) is 0 Å². The summed E-state index contributed by atoms with van der Waals surface area (Å²) < 4.78 is 2.17. The number of hydrogen-bond donors (Lipinski definition) is 0. The summed E-state index contributed by atoms with van der Waals surface area (Å²) in [6, 6.07) is 8.30. The fraction of sp³-hybridized carbons (Fsp3) is 0.250. The second kappa shape index (κ2) is 5.48. The molecule has 108 valence electrons. The van der Waals surface area contributed by atoms with Gasteiger partial charge >= 0.3 is 0 Å². The lowest BCUT2D eigenvalue weighted by atomic mass is 9.92. The predicted molar refractivity (Wildman–Crippen MR) is 99.3 cm³/mol. The summed E-state index contributed by atoms with van der Waals surface area (Å²) >= 11 is 10.3. The molecule has 3 aromatic rings. The van der Waals surface area contributed by atoms with Gasteiger partial charge in [0.05, 0.1) is 9.26 Å². The first-order chi connectivity index (χ1) is 9.88. The fourth-order valence-electron chi connectivity index (χ4n) is 2.19. The van der Waals surface area contributed by atoms with Gasteiger partial charge in [0.25, 0.3) is 0 Å². The first-order valence-corrected chi connectivity index (χ1v) is 8.91. The van der Waals surface area contributed by atoms with Crippen molar-refractivity contribution in [3.63, 3.8) is 0 Å². The monoisotopic (exact) mass is 428 g/mol. The molecule has 0 amide bonds. The molecule has 0 atom stereocenters. The van der Waals surface area contributed by atoms with Gasteiger partial charge in [-0.3, -0.25) is 0 Å². The molecule has 0 N–H and O–H groups in total. The van der Waals surface area contributed by atoms with E-state index in [0.29, 0.717) is 11.0 Å². The number of fused-ring (bicyclic) bond motifs is 1. The lowest BCUT2D eigenvalue weighted by Crippen LogP contribution is -2.17. The van der Waals surface area contributed by atoms with Crippen molar-refractivity contribution < 1.29 is 0 Å². The van der Waals surface area contributed by atoms with Gasteiger partial charge in [-0.25, -0.2) is 9.97 Å². The first kappa shape index (κ1) is 15.2. The van der Waals surface area contributed by atoms with E-state index >= 15 is 0 Å². The van der Waals surface area contributed by atoms with E-state index in [1.54, 1.807) is 11.3 Å². The van der Waals surface area contributed by atoms with Gasteiger partial charge in [-0.1, -0.05) is 50.6 Å². The van der Waals surface area contributed by atoms with Crippen molar-refractivity contribution in [3.05, 3.63) is 44.1 Å².